The summed E-state index contributed by atoms with van der Waals surface area (Å²) in [7, 11) is 0. The van der Waals surface area contributed by atoms with Gasteiger partial charge in [0.1, 0.15) is 29.2 Å². The smallest absolute Gasteiger partial charge is 0.328 e. The highest BCUT2D eigenvalue weighted by molar-refractivity contribution is 9.10. The van der Waals surface area contributed by atoms with Gasteiger partial charge in [0.15, 0.2) is 0 Å². The van der Waals surface area contributed by atoms with Crippen molar-refractivity contribution in [3.8, 4) is 5.75 Å². The quantitative estimate of drug-likeness (QED) is 0.611. The Balaban J connectivity index is 2.42. The summed E-state index contributed by atoms with van der Waals surface area (Å²) in [6.45, 7) is 3.85. The molecule has 0 saturated heterocycles. The Morgan fingerprint density at radius 3 is 3.00 bits per heavy atom. The van der Waals surface area contributed by atoms with Gasteiger partial charge >= 0.3 is 5.97 Å². The van der Waals surface area contributed by atoms with Crippen LogP contribution in [0.5, 0.6) is 5.75 Å². The molecule has 0 amide bonds. The largest absolute Gasteiger partial charge is 0.484 e. The Morgan fingerprint density at radius 2 is 2.35 bits per heavy atom. The van der Waals surface area contributed by atoms with Gasteiger partial charge in [-0.25, -0.2) is 9.18 Å². The minimum absolute atomic E-state index is 0.132. The summed E-state index contributed by atoms with van der Waals surface area (Å²) in [5.41, 5.74) is 0.551. The zero-order valence-electron chi connectivity index (χ0n) is 11.0. The van der Waals surface area contributed by atoms with E-state index < -0.39 is 11.9 Å². The number of halogens is 2. The molecule has 4 nitrogen and oxygen atoms in total. The van der Waals surface area contributed by atoms with E-state index in [0.717, 1.165) is 0 Å². The van der Waals surface area contributed by atoms with E-state index in [1.807, 2.05) is 0 Å². The molecule has 2 rings (SSSR count). The molecule has 0 fully saturated rings. The molecule has 1 heterocycles. The number of hydrogen-bond acceptors (Lipinski definition) is 4. The summed E-state index contributed by atoms with van der Waals surface area (Å²) < 4.78 is 24.2. The van der Waals surface area contributed by atoms with Crippen molar-refractivity contribution in [1.29, 1.82) is 0 Å². The van der Waals surface area contributed by atoms with E-state index in [1.54, 1.807) is 24.8 Å². The first kappa shape index (κ1) is 15.2. The highest BCUT2D eigenvalue weighted by atomic mass is 79.9. The van der Waals surface area contributed by atoms with Crippen LogP contribution in [0.3, 0.4) is 0 Å². The highest BCUT2D eigenvalue weighted by Gasteiger charge is 2.32. The number of esters is 1. The maximum atomic E-state index is 13.5. The molecule has 1 aliphatic rings. The number of carbonyl (C=O) groups excluding carboxylic acids is 1. The number of fused-ring (bicyclic) bond motifs is 1. The summed E-state index contributed by atoms with van der Waals surface area (Å²) in [5.74, 6) is -0.459. The molecular weight excluding hydrogens is 349 g/mol. The molecule has 1 unspecified atom stereocenters. The maximum Gasteiger partial charge on any atom is 0.328 e. The lowest BCUT2D eigenvalue weighted by molar-refractivity contribution is -0.144. The van der Waals surface area contributed by atoms with Crippen molar-refractivity contribution in [2.75, 3.05) is 18.1 Å². The Hall–Kier alpha value is -1.21. The monoisotopic (exact) mass is 361 g/mol. The third-order valence-electron chi connectivity index (χ3n) is 2.90. The summed E-state index contributed by atoms with van der Waals surface area (Å²) in [4.78, 5) is 14.0. The first-order valence-electron chi connectivity index (χ1n) is 6.06. The van der Waals surface area contributed by atoms with E-state index in [0.29, 0.717) is 23.0 Å². The molecule has 1 aliphatic heterocycles. The molecule has 108 valence electrons. The predicted octanol–water partition coefficient (Wildman–Crippen LogP) is 3.07. The van der Waals surface area contributed by atoms with Crippen LogP contribution < -0.4 is 9.64 Å². The molecule has 20 heavy (non-hydrogen) atoms. The summed E-state index contributed by atoms with van der Waals surface area (Å²) in [5, 5.41) is 0. The molecule has 0 saturated carbocycles. The second-order valence-corrected chi connectivity index (χ2v) is 5.54. The van der Waals surface area contributed by atoms with E-state index in [-0.39, 0.29) is 17.0 Å². The van der Waals surface area contributed by atoms with Crippen molar-refractivity contribution >= 4 is 44.8 Å². The number of benzene rings is 1. The van der Waals surface area contributed by atoms with Crippen LogP contribution >= 0.6 is 28.1 Å². The van der Waals surface area contributed by atoms with Crippen molar-refractivity contribution in [1.82, 2.24) is 0 Å². The van der Waals surface area contributed by atoms with Crippen molar-refractivity contribution in [2.45, 2.75) is 19.9 Å². The first-order chi connectivity index (χ1) is 9.45. The van der Waals surface area contributed by atoms with Gasteiger partial charge < -0.3 is 14.4 Å². The number of rotatable bonds is 3. The summed E-state index contributed by atoms with van der Waals surface area (Å²) in [6.07, 6.45) is 0. The molecule has 0 aliphatic carbocycles. The minimum Gasteiger partial charge on any atom is -0.484 e. The van der Waals surface area contributed by atoms with Gasteiger partial charge in [-0.05, 0) is 35.8 Å². The Bertz CT molecular complexity index is 567. The third-order valence-corrected chi connectivity index (χ3v) is 3.82. The van der Waals surface area contributed by atoms with Crippen molar-refractivity contribution in [3.63, 3.8) is 0 Å². The van der Waals surface area contributed by atoms with Crippen molar-refractivity contribution in [3.05, 3.63) is 22.4 Å². The number of carbonyl (C=O) groups is 1. The normalized spacial score (nSPS) is 15.4. The molecule has 0 bridgehead atoms. The molecule has 0 spiro atoms. The Kier molecular flexibility index (Phi) is 4.59. The fraction of sp³-hybridized carbons (Fsp3) is 0.385. The fourth-order valence-corrected chi connectivity index (χ4v) is 2.60. The molecule has 0 radical (unpaired) electrons. The zero-order chi connectivity index (χ0) is 14.9. The predicted molar refractivity (Wildman–Crippen MR) is 80.8 cm³/mol. The number of hydrogen-bond donors (Lipinski definition) is 0. The zero-order valence-corrected chi connectivity index (χ0v) is 13.4. The summed E-state index contributed by atoms with van der Waals surface area (Å²) in [6, 6.07) is 2.22. The van der Waals surface area contributed by atoms with Crippen molar-refractivity contribution in [2.24, 2.45) is 0 Å². The number of anilines is 1. The van der Waals surface area contributed by atoms with Gasteiger partial charge in [-0.2, -0.15) is 0 Å². The van der Waals surface area contributed by atoms with Crippen LogP contribution in [0.15, 0.2) is 16.6 Å². The topological polar surface area (TPSA) is 38.8 Å². The average molecular weight is 362 g/mol. The van der Waals surface area contributed by atoms with Crippen LogP contribution in [0, 0.1) is 5.82 Å². The van der Waals surface area contributed by atoms with Gasteiger partial charge in [0.25, 0.3) is 0 Å². The molecule has 7 heteroatoms. The molecular formula is C13H13BrFNO3S. The van der Waals surface area contributed by atoms with E-state index in [2.05, 4.69) is 15.9 Å². The van der Waals surface area contributed by atoms with Crippen LogP contribution in [0.1, 0.15) is 13.8 Å². The average Bonchev–Trinajstić information content (AvgIpc) is 2.40. The number of ether oxygens (including phenoxy) is 2. The van der Waals surface area contributed by atoms with Gasteiger partial charge in [-0.15, -0.1) is 0 Å². The lowest BCUT2D eigenvalue weighted by Crippen LogP contribution is -2.47. The Morgan fingerprint density at radius 1 is 1.65 bits per heavy atom. The molecule has 0 N–H and O–H groups in total. The first-order valence-corrected chi connectivity index (χ1v) is 7.26. The lowest BCUT2D eigenvalue weighted by Gasteiger charge is -2.35. The van der Waals surface area contributed by atoms with Crippen LogP contribution in [-0.4, -0.2) is 30.2 Å². The molecule has 1 aromatic carbocycles. The molecule has 1 aromatic rings. The maximum absolute atomic E-state index is 13.5. The van der Waals surface area contributed by atoms with Gasteiger partial charge in [0.2, 0.25) is 0 Å². The standard InChI is InChI=1S/C13H13BrFNO3S/c1-3-18-13(17)7(2)16-10-4-8(14)9(15)5-11(10)19-6-12(16)20/h4-5,7H,3,6H2,1-2H3. The highest BCUT2D eigenvalue weighted by Crippen LogP contribution is 2.37. The third kappa shape index (κ3) is 2.78. The number of nitrogens with zero attached hydrogens (tertiary/aromatic N) is 1. The van der Waals surface area contributed by atoms with Gasteiger partial charge in [-0.1, -0.05) is 12.2 Å². The van der Waals surface area contributed by atoms with Gasteiger partial charge in [0, 0.05) is 6.07 Å². The van der Waals surface area contributed by atoms with E-state index >= 15 is 0 Å². The second-order valence-electron chi connectivity index (χ2n) is 4.21. The van der Waals surface area contributed by atoms with Crippen LogP contribution in [-0.2, 0) is 9.53 Å². The van der Waals surface area contributed by atoms with E-state index in [1.165, 1.54) is 6.07 Å². The van der Waals surface area contributed by atoms with E-state index in [4.69, 9.17) is 21.7 Å². The molecule has 1 atom stereocenters. The second kappa shape index (κ2) is 6.05. The molecule has 0 aromatic heterocycles. The SMILES string of the molecule is CCOC(=O)C(C)N1C(=S)COc2cc(F)c(Br)cc21. The van der Waals surface area contributed by atoms with Crippen LogP contribution in [0.25, 0.3) is 0 Å². The minimum atomic E-state index is -0.595. The van der Waals surface area contributed by atoms with Gasteiger partial charge in [0.05, 0.1) is 16.8 Å². The van der Waals surface area contributed by atoms with Gasteiger partial charge in [-0.3, -0.25) is 0 Å². The van der Waals surface area contributed by atoms with Crippen LogP contribution in [0.2, 0.25) is 0 Å². The Labute approximate surface area is 130 Å². The van der Waals surface area contributed by atoms with E-state index in [9.17, 15) is 9.18 Å². The number of thiocarbonyl (C=S) groups is 1. The summed E-state index contributed by atoms with van der Waals surface area (Å²) >= 11 is 8.37. The van der Waals surface area contributed by atoms with Crippen LogP contribution in [0.4, 0.5) is 10.1 Å². The van der Waals surface area contributed by atoms with Crippen molar-refractivity contribution < 1.29 is 18.7 Å². The lowest BCUT2D eigenvalue weighted by atomic mass is 10.1. The fourth-order valence-electron chi connectivity index (χ4n) is 1.96.